The zero-order valence-corrected chi connectivity index (χ0v) is 22.8. The molecular formula is C26H47BrOSi. The van der Waals surface area contributed by atoms with Crippen molar-refractivity contribution in [2.45, 2.75) is 135 Å². The van der Waals surface area contributed by atoms with E-state index >= 15 is 0 Å². The minimum Gasteiger partial charge on any atom is -0.403 e. The second-order valence-electron chi connectivity index (χ2n) is 9.60. The summed E-state index contributed by atoms with van der Waals surface area (Å²) in [6.07, 6.45) is 15.6. The van der Waals surface area contributed by atoms with Crippen molar-refractivity contribution in [2.24, 2.45) is 0 Å². The summed E-state index contributed by atoms with van der Waals surface area (Å²) in [5.74, 6) is 13.5. The Morgan fingerprint density at radius 2 is 1.31 bits per heavy atom. The molecule has 0 rings (SSSR count). The maximum Gasteiger partial charge on any atom is 0.193 e. The van der Waals surface area contributed by atoms with Crippen LogP contribution in [-0.2, 0) is 4.43 Å². The Hall–Kier alpha value is -0.223. The van der Waals surface area contributed by atoms with Crippen LogP contribution in [0.5, 0.6) is 0 Å². The fourth-order valence-electron chi connectivity index (χ4n) is 2.71. The summed E-state index contributed by atoms with van der Waals surface area (Å²) >= 11 is 3.46. The zero-order valence-electron chi connectivity index (χ0n) is 20.3. The molecule has 0 radical (unpaired) electrons. The molecule has 0 fully saturated rings. The topological polar surface area (TPSA) is 9.23 Å². The Bertz CT molecular complexity index is 513. The molecule has 0 heterocycles. The molecule has 0 spiro atoms. The van der Waals surface area contributed by atoms with Gasteiger partial charge in [0.15, 0.2) is 8.32 Å². The number of halogens is 1. The van der Waals surface area contributed by atoms with E-state index in [1.54, 1.807) is 0 Å². The third kappa shape index (κ3) is 16.2. The van der Waals surface area contributed by atoms with E-state index in [1.165, 1.54) is 57.8 Å². The van der Waals surface area contributed by atoms with Gasteiger partial charge in [-0.2, -0.15) is 0 Å². The van der Waals surface area contributed by atoms with E-state index < -0.39 is 8.32 Å². The zero-order chi connectivity index (χ0) is 22.0. The van der Waals surface area contributed by atoms with Gasteiger partial charge in [-0.25, -0.2) is 0 Å². The van der Waals surface area contributed by atoms with Gasteiger partial charge >= 0.3 is 0 Å². The Kier molecular flexibility index (Phi) is 17.3. The van der Waals surface area contributed by atoms with E-state index in [-0.39, 0.29) is 11.1 Å². The first kappa shape index (κ1) is 28.8. The summed E-state index contributed by atoms with van der Waals surface area (Å²) in [6, 6.07) is 0. The SMILES string of the molecule is CCCC[C@H](C#CCCCCCCCC#CCCCCBr)O[Si](C)(C)C(C)(C)C. The molecular weight excluding hydrogens is 436 g/mol. The molecule has 0 aliphatic rings. The van der Waals surface area contributed by atoms with Crippen LogP contribution in [0.4, 0.5) is 0 Å². The van der Waals surface area contributed by atoms with Crippen molar-refractivity contribution in [2.75, 3.05) is 5.33 Å². The summed E-state index contributed by atoms with van der Waals surface area (Å²) < 4.78 is 6.57. The average molecular weight is 484 g/mol. The molecule has 0 aromatic carbocycles. The lowest BCUT2D eigenvalue weighted by Crippen LogP contribution is -2.43. The number of unbranched alkanes of at least 4 members (excludes halogenated alkanes) is 9. The van der Waals surface area contributed by atoms with Crippen LogP contribution in [0, 0.1) is 23.7 Å². The Morgan fingerprint density at radius 1 is 0.793 bits per heavy atom. The van der Waals surface area contributed by atoms with Gasteiger partial charge in [0.1, 0.15) is 6.10 Å². The summed E-state index contributed by atoms with van der Waals surface area (Å²) in [6.45, 7) is 13.8. The summed E-state index contributed by atoms with van der Waals surface area (Å²) in [4.78, 5) is 0. The van der Waals surface area contributed by atoms with Gasteiger partial charge in [0.05, 0.1) is 0 Å². The van der Waals surface area contributed by atoms with Gasteiger partial charge in [0.2, 0.25) is 0 Å². The molecule has 0 N–H and O–H groups in total. The van der Waals surface area contributed by atoms with E-state index in [9.17, 15) is 0 Å². The fraction of sp³-hybridized carbons (Fsp3) is 0.846. The molecule has 0 amide bonds. The monoisotopic (exact) mass is 482 g/mol. The van der Waals surface area contributed by atoms with Crippen molar-refractivity contribution in [3.8, 4) is 23.7 Å². The first-order valence-corrected chi connectivity index (χ1v) is 16.0. The van der Waals surface area contributed by atoms with Crippen molar-refractivity contribution in [3.05, 3.63) is 0 Å². The van der Waals surface area contributed by atoms with Gasteiger partial charge in [-0.05, 0) is 50.2 Å². The summed E-state index contributed by atoms with van der Waals surface area (Å²) in [7, 11) is -1.74. The summed E-state index contributed by atoms with van der Waals surface area (Å²) in [5, 5.41) is 1.35. The predicted octanol–water partition coefficient (Wildman–Crippen LogP) is 8.87. The van der Waals surface area contributed by atoms with Crippen molar-refractivity contribution >= 4 is 24.2 Å². The quantitative estimate of drug-likeness (QED) is 0.104. The lowest BCUT2D eigenvalue weighted by molar-refractivity contribution is 0.220. The van der Waals surface area contributed by atoms with Crippen molar-refractivity contribution in [3.63, 3.8) is 0 Å². The van der Waals surface area contributed by atoms with E-state index in [1.807, 2.05) is 0 Å². The molecule has 0 aromatic heterocycles. The molecule has 0 saturated carbocycles. The fourth-order valence-corrected chi connectivity index (χ4v) is 4.35. The smallest absolute Gasteiger partial charge is 0.193 e. The highest BCUT2D eigenvalue weighted by atomic mass is 79.9. The normalized spacial score (nSPS) is 12.7. The van der Waals surface area contributed by atoms with E-state index in [4.69, 9.17) is 4.43 Å². The molecule has 0 aliphatic heterocycles. The van der Waals surface area contributed by atoms with Crippen LogP contribution in [0.1, 0.15) is 111 Å². The number of rotatable bonds is 14. The summed E-state index contributed by atoms with van der Waals surface area (Å²) in [5.41, 5.74) is 0. The van der Waals surface area contributed by atoms with Crippen LogP contribution in [0.3, 0.4) is 0 Å². The molecule has 0 unspecified atom stereocenters. The third-order valence-electron chi connectivity index (χ3n) is 5.74. The van der Waals surface area contributed by atoms with Gasteiger partial charge in [-0.3, -0.25) is 0 Å². The standard InChI is InChI=1S/C26H47BrOSi/c1-7-8-22-25(28-29(5,6)26(2,3)4)23-20-18-16-14-12-10-9-11-13-15-17-19-21-24-27/h25H,7-12,14,16-19,21-22,24H2,1-6H3/t25-/m1/s1. The molecule has 0 bridgehead atoms. The molecule has 3 heteroatoms. The molecule has 1 atom stereocenters. The Morgan fingerprint density at radius 3 is 1.83 bits per heavy atom. The van der Waals surface area contributed by atoms with E-state index in [0.717, 1.165) is 31.0 Å². The van der Waals surface area contributed by atoms with Crippen LogP contribution in [-0.4, -0.2) is 19.8 Å². The minimum atomic E-state index is -1.74. The second-order valence-corrected chi connectivity index (χ2v) is 15.1. The Labute approximate surface area is 192 Å². The first-order chi connectivity index (χ1) is 13.7. The van der Waals surface area contributed by atoms with Crippen LogP contribution in [0.15, 0.2) is 0 Å². The average Bonchev–Trinajstić information content (AvgIpc) is 2.65. The van der Waals surface area contributed by atoms with Gasteiger partial charge < -0.3 is 4.43 Å². The first-order valence-electron chi connectivity index (χ1n) is 11.9. The molecule has 168 valence electrons. The van der Waals surface area contributed by atoms with Crippen LogP contribution in [0.25, 0.3) is 0 Å². The van der Waals surface area contributed by atoms with Gasteiger partial charge in [-0.1, -0.05) is 81.6 Å². The van der Waals surface area contributed by atoms with E-state index in [2.05, 4.69) is 80.4 Å². The van der Waals surface area contributed by atoms with Crippen molar-refractivity contribution in [1.29, 1.82) is 0 Å². The highest BCUT2D eigenvalue weighted by Gasteiger charge is 2.38. The minimum absolute atomic E-state index is 0.129. The van der Waals surface area contributed by atoms with Gasteiger partial charge in [0.25, 0.3) is 0 Å². The van der Waals surface area contributed by atoms with Crippen LogP contribution in [0.2, 0.25) is 18.1 Å². The second kappa shape index (κ2) is 17.5. The maximum atomic E-state index is 6.57. The highest BCUT2D eigenvalue weighted by Crippen LogP contribution is 2.37. The molecule has 29 heavy (non-hydrogen) atoms. The van der Waals surface area contributed by atoms with Gasteiger partial charge in [0, 0.05) is 24.6 Å². The molecule has 0 aliphatic carbocycles. The molecule has 0 aromatic rings. The highest BCUT2D eigenvalue weighted by molar-refractivity contribution is 9.09. The number of hydrogen-bond donors (Lipinski definition) is 0. The molecule has 0 saturated heterocycles. The van der Waals surface area contributed by atoms with Crippen molar-refractivity contribution < 1.29 is 4.43 Å². The van der Waals surface area contributed by atoms with Gasteiger partial charge in [-0.15, -0.1) is 17.8 Å². The number of hydrogen-bond acceptors (Lipinski definition) is 1. The Balaban J connectivity index is 4.02. The lowest BCUT2D eigenvalue weighted by atomic mass is 10.1. The van der Waals surface area contributed by atoms with Crippen molar-refractivity contribution in [1.82, 2.24) is 0 Å². The maximum absolute atomic E-state index is 6.57. The lowest BCUT2D eigenvalue weighted by Gasteiger charge is -2.38. The largest absolute Gasteiger partial charge is 0.403 e. The number of alkyl halides is 1. The molecule has 1 nitrogen and oxygen atoms in total. The third-order valence-corrected chi connectivity index (χ3v) is 10.8. The van der Waals surface area contributed by atoms with E-state index in [0.29, 0.717) is 0 Å². The van der Waals surface area contributed by atoms with Crippen LogP contribution >= 0.6 is 15.9 Å². The van der Waals surface area contributed by atoms with Crippen LogP contribution < -0.4 is 0 Å². The predicted molar refractivity (Wildman–Crippen MR) is 137 cm³/mol.